The fourth-order valence-corrected chi connectivity index (χ4v) is 3.11. The van der Waals surface area contributed by atoms with Gasteiger partial charge in [-0.3, -0.25) is 4.79 Å². The Labute approximate surface area is 148 Å². The number of aromatic nitrogens is 2. The number of hydrogen-bond acceptors (Lipinski definition) is 4. The van der Waals surface area contributed by atoms with Crippen LogP contribution in [0.3, 0.4) is 0 Å². The number of aryl methyl sites for hydroxylation is 1. The second kappa shape index (κ2) is 6.33. The maximum absolute atomic E-state index is 14.0. The van der Waals surface area contributed by atoms with Gasteiger partial charge in [0, 0.05) is 30.5 Å². The molecule has 2 heterocycles. The van der Waals surface area contributed by atoms with Gasteiger partial charge in [0.25, 0.3) is 5.89 Å². The highest BCUT2D eigenvalue weighted by molar-refractivity contribution is 5.96. The molecule has 132 valence electrons. The molecule has 0 spiro atoms. The Hall–Kier alpha value is -3.09. The number of carbonyl (C=O) groups excluding carboxylic acids is 1. The summed E-state index contributed by atoms with van der Waals surface area (Å²) in [7, 11) is 0. The van der Waals surface area contributed by atoms with Gasteiger partial charge < -0.3 is 9.42 Å². The van der Waals surface area contributed by atoms with Crippen molar-refractivity contribution < 1.29 is 18.1 Å². The Morgan fingerprint density at radius 1 is 1.19 bits per heavy atom. The Morgan fingerprint density at radius 3 is 2.81 bits per heavy atom. The molecule has 0 saturated carbocycles. The van der Waals surface area contributed by atoms with Gasteiger partial charge in [0.1, 0.15) is 11.6 Å². The van der Waals surface area contributed by atoms with E-state index in [1.807, 2.05) is 31.2 Å². The quantitative estimate of drug-likeness (QED) is 0.716. The molecule has 1 fully saturated rings. The minimum Gasteiger partial charge on any atom is -0.334 e. The molecule has 0 aliphatic carbocycles. The summed E-state index contributed by atoms with van der Waals surface area (Å²) < 4.78 is 32.4. The third kappa shape index (κ3) is 2.96. The fourth-order valence-electron chi connectivity index (χ4n) is 3.11. The van der Waals surface area contributed by atoms with Gasteiger partial charge in [0.05, 0.1) is 5.69 Å². The molecule has 4 rings (SSSR count). The summed E-state index contributed by atoms with van der Waals surface area (Å²) in [6.45, 7) is 2.18. The summed E-state index contributed by atoms with van der Waals surface area (Å²) in [5.41, 5.74) is 1.92. The summed E-state index contributed by atoms with van der Waals surface area (Å²) >= 11 is 0. The van der Waals surface area contributed by atoms with Crippen molar-refractivity contribution in [1.82, 2.24) is 10.1 Å². The van der Waals surface area contributed by atoms with E-state index in [-0.39, 0.29) is 30.5 Å². The highest BCUT2D eigenvalue weighted by atomic mass is 19.1. The molecule has 1 aliphatic rings. The van der Waals surface area contributed by atoms with E-state index >= 15 is 0 Å². The van der Waals surface area contributed by atoms with E-state index in [1.165, 1.54) is 11.0 Å². The molecule has 26 heavy (non-hydrogen) atoms. The van der Waals surface area contributed by atoms with Crippen molar-refractivity contribution in [2.24, 2.45) is 0 Å². The number of anilines is 1. The first kappa shape index (κ1) is 16.4. The first-order chi connectivity index (χ1) is 12.5. The third-order valence-electron chi connectivity index (χ3n) is 4.40. The lowest BCUT2D eigenvalue weighted by molar-refractivity contribution is -0.117. The van der Waals surface area contributed by atoms with E-state index in [2.05, 4.69) is 10.1 Å². The van der Waals surface area contributed by atoms with E-state index in [1.54, 1.807) is 0 Å². The zero-order chi connectivity index (χ0) is 18.3. The molecule has 3 aromatic rings. The number of benzene rings is 2. The molecule has 1 aliphatic heterocycles. The molecule has 2 aromatic carbocycles. The van der Waals surface area contributed by atoms with Gasteiger partial charge in [0.2, 0.25) is 5.91 Å². The van der Waals surface area contributed by atoms with Crippen molar-refractivity contribution in [3.63, 3.8) is 0 Å². The molecule has 1 aromatic heterocycles. The number of amides is 1. The van der Waals surface area contributed by atoms with Crippen LogP contribution >= 0.6 is 0 Å². The van der Waals surface area contributed by atoms with Crippen molar-refractivity contribution in [3.8, 4) is 11.5 Å². The van der Waals surface area contributed by atoms with Crippen molar-refractivity contribution in [3.05, 3.63) is 65.5 Å². The van der Waals surface area contributed by atoms with Crippen LogP contribution in [0, 0.1) is 18.6 Å². The summed E-state index contributed by atoms with van der Waals surface area (Å²) in [5.74, 6) is -1.25. The molecule has 1 atom stereocenters. The maximum atomic E-state index is 14.0. The summed E-state index contributed by atoms with van der Waals surface area (Å²) in [5, 5.41) is 3.98. The molecule has 1 unspecified atom stereocenters. The minimum atomic E-state index is -0.771. The topological polar surface area (TPSA) is 59.2 Å². The first-order valence-corrected chi connectivity index (χ1v) is 8.17. The predicted octanol–water partition coefficient (Wildman–Crippen LogP) is 3.84. The van der Waals surface area contributed by atoms with E-state index in [0.29, 0.717) is 11.7 Å². The average molecular weight is 355 g/mol. The Bertz CT molecular complexity index is 986. The van der Waals surface area contributed by atoms with Crippen LogP contribution in [0.1, 0.15) is 23.7 Å². The standard InChI is InChI=1S/C19H15F2N3O2/c1-11-3-2-4-12(7-11)19-22-18(23-26-19)13-8-17(25)24(10-13)16-6-5-14(20)9-15(16)21/h2-7,9,13H,8,10H2,1H3. The first-order valence-electron chi connectivity index (χ1n) is 8.17. The third-order valence-corrected chi connectivity index (χ3v) is 4.40. The smallest absolute Gasteiger partial charge is 0.257 e. The molecule has 0 radical (unpaired) electrons. The Morgan fingerprint density at radius 2 is 2.04 bits per heavy atom. The van der Waals surface area contributed by atoms with Crippen molar-refractivity contribution >= 4 is 11.6 Å². The van der Waals surface area contributed by atoms with E-state index in [9.17, 15) is 13.6 Å². The van der Waals surface area contributed by atoms with E-state index in [4.69, 9.17) is 4.52 Å². The molecule has 7 heteroatoms. The highest BCUT2D eigenvalue weighted by Crippen LogP contribution is 2.33. The predicted molar refractivity (Wildman–Crippen MR) is 90.5 cm³/mol. The lowest BCUT2D eigenvalue weighted by atomic mass is 10.1. The van der Waals surface area contributed by atoms with Crippen LogP contribution in [-0.4, -0.2) is 22.6 Å². The molecule has 5 nitrogen and oxygen atoms in total. The maximum Gasteiger partial charge on any atom is 0.257 e. The average Bonchev–Trinajstić information content (AvgIpc) is 3.22. The van der Waals surface area contributed by atoms with Crippen molar-refractivity contribution in [2.45, 2.75) is 19.3 Å². The molecule has 1 saturated heterocycles. The molecule has 0 bridgehead atoms. The monoisotopic (exact) mass is 355 g/mol. The molecule has 0 N–H and O–H groups in total. The SMILES string of the molecule is Cc1cccc(-c2nc(C3CC(=O)N(c4ccc(F)cc4F)C3)no2)c1. The van der Waals surface area contributed by atoms with Gasteiger partial charge in [-0.1, -0.05) is 22.9 Å². The van der Waals surface area contributed by atoms with Crippen molar-refractivity contribution in [2.75, 3.05) is 11.4 Å². The van der Waals surface area contributed by atoms with Gasteiger partial charge in [-0.05, 0) is 31.2 Å². The fraction of sp³-hybridized carbons (Fsp3) is 0.211. The molecule has 1 amide bonds. The number of nitrogens with zero attached hydrogens (tertiary/aromatic N) is 3. The molecular weight excluding hydrogens is 340 g/mol. The van der Waals surface area contributed by atoms with Crippen LogP contribution in [0.25, 0.3) is 11.5 Å². The number of rotatable bonds is 3. The lowest BCUT2D eigenvalue weighted by Gasteiger charge is -2.16. The second-order valence-corrected chi connectivity index (χ2v) is 6.33. The van der Waals surface area contributed by atoms with Gasteiger partial charge in [-0.15, -0.1) is 0 Å². The van der Waals surface area contributed by atoms with Gasteiger partial charge in [0.15, 0.2) is 5.82 Å². The van der Waals surface area contributed by atoms with Crippen LogP contribution < -0.4 is 4.90 Å². The number of halogens is 2. The number of carbonyl (C=O) groups is 1. The summed E-state index contributed by atoms with van der Waals surface area (Å²) in [4.78, 5) is 18.0. The summed E-state index contributed by atoms with van der Waals surface area (Å²) in [6, 6.07) is 10.8. The largest absolute Gasteiger partial charge is 0.334 e. The minimum absolute atomic E-state index is 0.0568. The van der Waals surface area contributed by atoms with E-state index < -0.39 is 11.6 Å². The Kier molecular flexibility index (Phi) is 3.99. The lowest BCUT2D eigenvalue weighted by Crippen LogP contribution is -2.25. The number of hydrogen-bond donors (Lipinski definition) is 0. The zero-order valence-corrected chi connectivity index (χ0v) is 13.9. The van der Waals surface area contributed by atoms with E-state index in [0.717, 1.165) is 23.3 Å². The van der Waals surface area contributed by atoms with Gasteiger partial charge in [-0.2, -0.15) is 4.98 Å². The normalized spacial score (nSPS) is 17.1. The van der Waals surface area contributed by atoms with Gasteiger partial charge >= 0.3 is 0 Å². The molecular formula is C19H15F2N3O2. The van der Waals surface area contributed by atoms with Crippen molar-refractivity contribution in [1.29, 1.82) is 0 Å². The second-order valence-electron chi connectivity index (χ2n) is 6.33. The van der Waals surface area contributed by atoms with Crippen LogP contribution in [0.2, 0.25) is 0 Å². The summed E-state index contributed by atoms with van der Waals surface area (Å²) in [6.07, 6.45) is 0.142. The van der Waals surface area contributed by atoms with Gasteiger partial charge in [-0.25, -0.2) is 8.78 Å². The van der Waals surface area contributed by atoms with Crippen LogP contribution in [0.15, 0.2) is 47.0 Å². The van der Waals surface area contributed by atoms with Crippen LogP contribution in [0.5, 0.6) is 0 Å². The van der Waals surface area contributed by atoms with Crippen LogP contribution in [-0.2, 0) is 4.79 Å². The van der Waals surface area contributed by atoms with Crippen LogP contribution in [0.4, 0.5) is 14.5 Å². The Balaban J connectivity index is 1.58. The highest BCUT2D eigenvalue weighted by Gasteiger charge is 2.35. The zero-order valence-electron chi connectivity index (χ0n) is 13.9.